The van der Waals surface area contributed by atoms with Crippen LogP contribution in [0.15, 0.2) is 0 Å². The van der Waals surface area contributed by atoms with Gasteiger partial charge < -0.3 is 15.2 Å². The summed E-state index contributed by atoms with van der Waals surface area (Å²) in [5.74, 6) is -0.862. The maximum absolute atomic E-state index is 13.6. The molecule has 4 nitrogen and oxygen atoms in total. The molecule has 20 heavy (non-hydrogen) atoms. The molecule has 0 aromatic rings. The third-order valence-electron chi connectivity index (χ3n) is 2.95. The summed E-state index contributed by atoms with van der Waals surface area (Å²) in [7, 11) is 1.86. The molecule has 0 saturated heterocycles. The normalized spacial score (nSPS) is 37.7. The Bertz CT molecular complexity index is 310. The van der Waals surface area contributed by atoms with Crippen LogP contribution in [0.4, 0.5) is 17.6 Å². The van der Waals surface area contributed by atoms with Crippen LogP contribution in [-0.2, 0) is 14.3 Å². The standard InChI is InChI=1S/C11H18F4NO3P/c12-6-7(13)9(15)11(20)10(8(6)14)19-5(17)1-3-18-4-2-16/h6-11H,1-4,16,20H2. The molecule has 0 aromatic heterocycles. The lowest BCUT2D eigenvalue weighted by Crippen LogP contribution is -2.57. The first kappa shape index (κ1) is 17.6. The fourth-order valence-electron chi connectivity index (χ4n) is 1.83. The lowest BCUT2D eigenvalue weighted by molar-refractivity contribution is -0.163. The number of carbonyl (C=O) groups is 1. The average molecular weight is 319 g/mol. The molecular formula is C11H18F4NO3P. The lowest BCUT2D eigenvalue weighted by atomic mass is 9.90. The van der Waals surface area contributed by atoms with Gasteiger partial charge in [0.2, 0.25) is 0 Å². The zero-order valence-electron chi connectivity index (χ0n) is 10.7. The Labute approximate surface area is 116 Å². The Balaban J connectivity index is 2.50. The van der Waals surface area contributed by atoms with Gasteiger partial charge in [0.25, 0.3) is 0 Å². The molecule has 0 radical (unpaired) electrons. The first-order valence-corrected chi connectivity index (χ1v) is 6.86. The Morgan fingerprint density at radius 3 is 2.25 bits per heavy atom. The van der Waals surface area contributed by atoms with Crippen LogP contribution in [0.5, 0.6) is 0 Å². The Morgan fingerprint density at radius 1 is 1.05 bits per heavy atom. The van der Waals surface area contributed by atoms with Crippen LogP contribution in [0.25, 0.3) is 0 Å². The monoisotopic (exact) mass is 319 g/mol. The highest BCUT2D eigenvalue weighted by atomic mass is 31.0. The van der Waals surface area contributed by atoms with E-state index >= 15 is 0 Å². The van der Waals surface area contributed by atoms with E-state index in [0.717, 1.165) is 0 Å². The van der Waals surface area contributed by atoms with Gasteiger partial charge in [-0.3, -0.25) is 4.79 Å². The van der Waals surface area contributed by atoms with Crippen molar-refractivity contribution >= 4 is 15.2 Å². The molecule has 0 heterocycles. The number of alkyl halides is 4. The van der Waals surface area contributed by atoms with Gasteiger partial charge in [0.05, 0.1) is 19.6 Å². The van der Waals surface area contributed by atoms with E-state index in [0.29, 0.717) is 0 Å². The number of ether oxygens (including phenoxy) is 2. The van der Waals surface area contributed by atoms with E-state index < -0.39 is 42.4 Å². The first-order valence-electron chi connectivity index (χ1n) is 6.19. The van der Waals surface area contributed by atoms with Gasteiger partial charge in [0, 0.05) is 12.2 Å². The SMILES string of the molecule is NCCOCCC(=O)OC1C(F)C(F)C(F)C(F)C1P. The summed E-state index contributed by atoms with van der Waals surface area (Å²) in [6.45, 7) is 0.533. The molecule has 7 atom stereocenters. The third kappa shape index (κ3) is 4.27. The Hall–Kier alpha value is -0.460. The van der Waals surface area contributed by atoms with Crippen molar-refractivity contribution in [2.24, 2.45) is 5.73 Å². The molecule has 1 saturated carbocycles. The minimum absolute atomic E-state index is 0.00503. The van der Waals surface area contributed by atoms with Gasteiger partial charge in [0.1, 0.15) is 12.3 Å². The Kier molecular flexibility index (Phi) is 7.12. The van der Waals surface area contributed by atoms with E-state index in [-0.39, 0.29) is 26.2 Å². The van der Waals surface area contributed by atoms with Gasteiger partial charge >= 0.3 is 5.97 Å². The molecule has 0 amide bonds. The van der Waals surface area contributed by atoms with Gasteiger partial charge in [0.15, 0.2) is 18.5 Å². The summed E-state index contributed by atoms with van der Waals surface area (Å²) in [5, 5.41) is 0. The van der Waals surface area contributed by atoms with Crippen LogP contribution in [0.2, 0.25) is 0 Å². The lowest BCUT2D eigenvalue weighted by Gasteiger charge is -2.37. The zero-order chi connectivity index (χ0) is 15.3. The number of rotatable bonds is 6. The van der Waals surface area contributed by atoms with E-state index in [2.05, 4.69) is 0 Å². The van der Waals surface area contributed by atoms with Crippen LogP contribution in [0, 0.1) is 0 Å². The quantitative estimate of drug-likeness (QED) is 0.342. The third-order valence-corrected chi connectivity index (χ3v) is 3.70. The fraction of sp³-hybridized carbons (Fsp3) is 0.909. The summed E-state index contributed by atoms with van der Waals surface area (Å²) in [4.78, 5) is 11.4. The molecule has 2 N–H and O–H groups in total. The van der Waals surface area contributed by atoms with Gasteiger partial charge in [-0.2, -0.15) is 0 Å². The van der Waals surface area contributed by atoms with Crippen molar-refractivity contribution in [3.05, 3.63) is 0 Å². The highest BCUT2D eigenvalue weighted by Gasteiger charge is 2.53. The molecule has 118 valence electrons. The van der Waals surface area contributed by atoms with E-state index in [4.69, 9.17) is 15.2 Å². The van der Waals surface area contributed by atoms with Crippen molar-refractivity contribution in [2.75, 3.05) is 19.8 Å². The molecular weight excluding hydrogens is 301 g/mol. The maximum Gasteiger partial charge on any atom is 0.308 e. The van der Waals surface area contributed by atoms with Gasteiger partial charge in [-0.15, -0.1) is 9.24 Å². The summed E-state index contributed by atoms with van der Waals surface area (Å²) >= 11 is 0. The van der Waals surface area contributed by atoms with Crippen LogP contribution >= 0.6 is 9.24 Å². The molecule has 0 aromatic carbocycles. The van der Waals surface area contributed by atoms with E-state index in [9.17, 15) is 22.4 Å². The predicted octanol–water partition coefficient (Wildman–Crippen LogP) is 0.873. The van der Waals surface area contributed by atoms with Crippen molar-refractivity contribution < 1.29 is 31.8 Å². The second-order valence-corrected chi connectivity index (χ2v) is 5.23. The molecule has 1 aliphatic rings. The number of nitrogens with two attached hydrogens (primary N) is 1. The van der Waals surface area contributed by atoms with Crippen LogP contribution in [0.3, 0.4) is 0 Å². The van der Waals surface area contributed by atoms with Gasteiger partial charge in [-0.05, 0) is 0 Å². The van der Waals surface area contributed by atoms with Crippen molar-refractivity contribution in [3.63, 3.8) is 0 Å². The second kappa shape index (κ2) is 8.10. The first-order chi connectivity index (χ1) is 9.40. The van der Waals surface area contributed by atoms with Crippen molar-refractivity contribution in [2.45, 2.75) is 42.9 Å². The number of halogens is 4. The molecule has 0 spiro atoms. The van der Waals surface area contributed by atoms with Crippen molar-refractivity contribution in [1.82, 2.24) is 0 Å². The van der Waals surface area contributed by atoms with Crippen LogP contribution in [0.1, 0.15) is 6.42 Å². The molecule has 1 aliphatic carbocycles. The number of esters is 1. The summed E-state index contributed by atoms with van der Waals surface area (Å²) in [6, 6.07) is 0. The predicted molar refractivity (Wildman–Crippen MR) is 67.5 cm³/mol. The summed E-state index contributed by atoms with van der Waals surface area (Å²) in [5.41, 5.74) is 3.83. The molecule has 7 unspecified atom stereocenters. The topological polar surface area (TPSA) is 61.5 Å². The summed E-state index contributed by atoms with van der Waals surface area (Å²) < 4.78 is 62.9. The maximum atomic E-state index is 13.6. The minimum atomic E-state index is -2.65. The average Bonchev–Trinajstić information content (AvgIpc) is 2.44. The van der Waals surface area contributed by atoms with Crippen LogP contribution in [-0.4, -0.2) is 62.2 Å². The van der Waals surface area contributed by atoms with Crippen molar-refractivity contribution in [1.29, 1.82) is 0 Å². The molecule has 0 aliphatic heterocycles. The zero-order valence-corrected chi connectivity index (χ0v) is 11.8. The number of hydrogen-bond donors (Lipinski definition) is 1. The minimum Gasteiger partial charge on any atom is -0.458 e. The molecule has 0 bridgehead atoms. The van der Waals surface area contributed by atoms with Crippen LogP contribution < -0.4 is 5.73 Å². The second-order valence-electron chi connectivity index (χ2n) is 4.46. The number of carbonyl (C=O) groups excluding carboxylic acids is 1. The highest BCUT2D eigenvalue weighted by molar-refractivity contribution is 7.17. The molecule has 1 fully saturated rings. The van der Waals surface area contributed by atoms with E-state index in [1.165, 1.54) is 0 Å². The largest absolute Gasteiger partial charge is 0.458 e. The summed E-state index contributed by atoms with van der Waals surface area (Å²) in [6.07, 6.45) is -11.7. The Morgan fingerprint density at radius 2 is 1.65 bits per heavy atom. The van der Waals surface area contributed by atoms with Gasteiger partial charge in [-0.1, -0.05) is 0 Å². The highest BCUT2D eigenvalue weighted by Crippen LogP contribution is 2.35. The van der Waals surface area contributed by atoms with Crippen molar-refractivity contribution in [3.8, 4) is 0 Å². The molecule has 9 heteroatoms. The van der Waals surface area contributed by atoms with E-state index in [1.54, 1.807) is 0 Å². The van der Waals surface area contributed by atoms with Gasteiger partial charge in [-0.25, -0.2) is 17.6 Å². The van der Waals surface area contributed by atoms with E-state index in [1.807, 2.05) is 9.24 Å². The smallest absolute Gasteiger partial charge is 0.308 e. The fourth-order valence-corrected chi connectivity index (χ4v) is 2.34. The molecule has 1 rings (SSSR count). The number of hydrogen-bond acceptors (Lipinski definition) is 4.